The summed E-state index contributed by atoms with van der Waals surface area (Å²) in [6, 6.07) is 0. The molecule has 0 unspecified atom stereocenters. The van der Waals surface area contributed by atoms with Gasteiger partial charge in [-0.2, -0.15) is 0 Å². The van der Waals surface area contributed by atoms with Crippen molar-refractivity contribution in [2.24, 2.45) is 5.41 Å². The lowest BCUT2D eigenvalue weighted by atomic mass is 9.83. The molecule has 0 aromatic carbocycles. The lowest BCUT2D eigenvalue weighted by Crippen LogP contribution is -2.36. The van der Waals surface area contributed by atoms with Crippen LogP contribution < -0.4 is 0 Å². The summed E-state index contributed by atoms with van der Waals surface area (Å²) in [5, 5.41) is 0. The molecule has 0 saturated heterocycles. The zero-order valence-electron chi connectivity index (χ0n) is 9.64. The van der Waals surface area contributed by atoms with Gasteiger partial charge >= 0.3 is 0 Å². The second-order valence-corrected chi connectivity index (χ2v) is 4.89. The first-order chi connectivity index (χ1) is 6.82. The van der Waals surface area contributed by atoms with Crippen molar-refractivity contribution in [1.29, 1.82) is 0 Å². The second-order valence-electron chi connectivity index (χ2n) is 4.89. The number of amides is 1. The van der Waals surface area contributed by atoms with Crippen LogP contribution in [0.3, 0.4) is 0 Å². The number of hydrogen-bond acceptors (Lipinski definition) is 1. The van der Waals surface area contributed by atoms with Crippen molar-refractivity contribution in [3.05, 3.63) is 24.1 Å². The van der Waals surface area contributed by atoms with Gasteiger partial charge in [-0.05, 0) is 11.8 Å². The maximum atomic E-state index is 12.6. The average Bonchev–Trinajstić information content (AvgIpc) is 2.15. The van der Waals surface area contributed by atoms with Crippen LogP contribution in [0, 0.1) is 5.41 Å². The molecule has 1 heterocycles. The van der Waals surface area contributed by atoms with Gasteiger partial charge in [0.25, 0.3) is 5.91 Å². The van der Waals surface area contributed by atoms with Gasteiger partial charge in [0.1, 0.15) is 0 Å². The Balaban J connectivity index is 2.66. The molecule has 0 spiro atoms. The highest BCUT2D eigenvalue weighted by molar-refractivity contribution is 5.90. The molecule has 0 saturated carbocycles. The topological polar surface area (TPSA) is 20.3 Å². The van der Waals surface area contributed by atoms with Crippen molar-refractivity contribution in [3.8, 4) is 0 Å². The van der Waals surface area contributed by atoms with Crippen molar-refractivity contribution in [1.82, 2.24) is 4.90 Å². The van der Waals surface area contributed by atoms with Gasteiger partial charge in [-0.1, -0.05) is 39.0 Å². The Bertz CT molecular complexity index is 312. The summed E-state index contributed by atoms with van der Waals surface area (Å²) in [4.78, 5) is 12.8. The van der Waals surface area contributed by atoms with Crippen LogP contribution in [0.15, 0.2) is 24.1 Å². The van der Waals surface area contributed by atoms with E-state index in [1.165, 1.54) is 10.5 Å². The van der Waals surface area contributed by atoms with E-state index in [4.69, 9.17) is 0 Å². The molecule has 0 aromatic heterocycles. The van der Waals surface area contributed by atoms with E-state index in [-0.39, 0.29) is 5.41 Å². The SMILES string of the molecule is C=C(F)C(=O)N1CC=C(C(C)(C)C)CC1. The Morgan fingerprint density at radius 3 is 2.47 bits per heavy atom. The molecule has 15 heavy (non-hydrogen) atoms. The predicted octanol–water partition coefficient (Wildman–Crippen LogP) is 2.67. The van der Waals surface area contributed by atoms with Crippen molar-refractivity contribution < 1.29 is 9.18 Å². The fourth-order valence-electron chi connectivity index (χ4n) is 1.71. The number of carbonyl (C=O) groups excluding carboxylic acids is 1. The molecule has 3 heteroatoms. The van der Waals surface area contributed by atoms with Crippen LogP contribution in [0.4, 0.5) is 4.39 Å². The Kier molecular flexibility index (Phi) is 3.32. The number of nitrogens with zero attached hydrogens (tertiary/aromatic N) is 1. The van der Waals surface area contributed by atoms with E-state index in [1.807, 2.05) is 6.08 Å². The van der Waals surface area contributed by atoms with Crippen LogP contribution in [0.2, 0.25) is 0 Å². The van der Waals surface area contributed by atoms with Crippen LogP contribution in [0.1, 0.15) is 27.2 Å². The quantitative estimate of drug-likeness (QED) is 0.482. The predicted molar refractivity (Wildman–Crippen MR) is 59.0 cm³/mol. The third kappa shape index (κ3) is 2.91. The van der Waals surface area contributed by atoms with Gasteiger partial charge < -0.3 is 4.90 Å². The van der Waals surface area contributed by atoms with Crippen molar-refractivity contribution in [2.75, 3.05) is 13.1 Å². The van der Waals surface area contributed by atoms with E-state index < -0.39 is 11.7 Å². The molecule has 0 atom stereocenters. The summed E-state index contributed by atoms with van der Waals surface area (Å²) >= 11 is 0. The van der Waals surface area contributed by atoms with Gasteiger partial charge in [-0.25, -0.2) is 4.39 Å². The Labute approximate surface area is 90.5 Å². The third-order valence-electron chi connectivity index (χ3n) is 2.69. The number of carbonyl (C=O) groups is 1. The summed E-state index contributed by atoms with van der Waals surface area (Å²) in [5.74, 6) is -1.46. The van der Waals surface area contributed by atoms with E-state index in [1.54, 1.807) is 0 Å². The molecule has 1 rings (SSSR count). The Hall–Kier alpha value is -1.12. The van der Waals surface area contributed by atoms with Gasteiger partial charge in [0.05, 0.1) is 0 Å². The van der Waals surface area contributed by atoms with Crippen molar-refractivity contribution in [3.63, 3.8) is 0 Å². The molecule has 1 amide bonds. The van der Waals surface area contributed by atoms with Crippen LogP contribution in [-0.4, -0.2) is 23.9 Å². The molecule has 0 aromatic rings. The van der Waals surface area contributed by atoms with Crippen LogP contribution in [0.25, 0.3) is 0 Å². The summed E-state index contributed by atoms with van der Waals surface area (Å²) in [6.45, 7) is 10.5. The second kappa shape index (κ2) is 4.17. The molecule has 1 aliphatic rings. The van der Waals surface area contributed by atoms with Crippen LogP contribution in [0.5, 0.6) is 0 Å². The maximum Gasteiger partial charge on any atom is 0.282 e. The van der Waals surface area contributed by atoms with Crippen LogP contribution in [-0.2, 0) is 4.79 Å². The lowest BCUT2D eigenvalue weighted by Gasteiger charge is -2.31. The first-order valence-corrected chi connectivity index (χ1v) is 5.15. The van der Waals surface area contributed by atoms with Gasteiger partial charge in [0.15, 0.2) is 5.83 Å². The highest BCUT2D eigenvalue weighted by atomic mass is 19.1. The fraction of sp³-hybridized carbons (Fsp3) is 0.583. The summed E-state index contributed by atoms with van der Waals surface area (Å²) < 4.78 is 12.6. The van der Waals surface area contributed by atoms with Crippen molar-refractivity contribution >= 4 is 5.91 Å². The number of rotatable bonds is 1. The molecule has 0 bridgehead atoms. The first kappa shape index (κ1) is 12.0. The summed E-state index contributed by atoms with van der Waals surface area (Å²) in [5.41, 5.74) is 1.47. The molecule has 0 N–H and O–H groups in total. The molecular weight excluding hydrogens is 193 g/mol. The maximum absolute atomic E-state index is 12.6. The molecule has 84 valence electrons. The molecular formula is C12H18FNO. The van der Waals surface area contributed by atoms with E-state index in [2.05, 4.69) is 27.4 Å². The van der Waals surface area contributed by atoms with Gasteiger partial charge in [0.2, 0.25) is 0 Å². The Morgan fingerprint density at radius 1 is 1.53 bits per heavy atom. The minimum absolute atomic E-state index is 0.141. The zero-order chi connectivity index (χ0) is 11.6. The average molecular weight is 211 g/mol. The molecule has 1 aliphatic heterocycles. The highest BCUT2D eigenvalue weighted by Gasteiger charge is 2.24. The smallest absolute Gasteiger partial charge is 0.282 e. The molecule has 0 fully saturated rings. The van der Waals surface area contributed by atoms with E-state index >= 15 is 0 Å². The lowest BCUT2D eigenvalue weighted by molar-refractivity contribution is -0.128. The zero-order valence-corrected chi connectivity index (χ0v) is 9.64. The fourth-order valence-corrected chi connectivity index (χ4v) is 1.71. The van der Waals surface area contributed by atoms with Gasteiger partial charge in [0, 0.05) is 13.1 Å². The Morgan fingerprint density at radius 2 is 2.13 bits per heavy atom. The van der Waals surface area contributed by atoms with Gasteiger partial charge in [-0.15, -0.1) is 0 Å². The normalized spacial score (nSPS) is 17.3. The standard InChI is InChI=1S/C12H18FNO/c1-9(13)11(15)14-7-5-10(6-8-14)12(2,3)4/h5H,1,6-8H2,2-4H3. The molecule has 0 radical (unpaired) electrons. The molecule has 2 nitrogen and oxygen atoms in total. The summed E-state index contributed by atoms with van der Waals surface area (Å²) in [6.07, 6.45) is 2.84. The van der Waals surface area contributed by atoms with E-state index in [0.717, 1.165) is 6.42 Å². The first-order valence-electron chi connectivity index (χ1n) is 5.15. The minimum atomic E-state index is -0.873. The minimum Gasteiger partial charge on any atom is -0.333 e. The summed E-state index contributed by atoms with van der Waals surface area (Å²) in [7, 11) is 0. The van der Waals surface area contributed by atoms with E-state index in [0.29, 0.717) is 13.1 Å². The van der Waals surface area contributed by atoms with Gasteiger partial charge in [-0.3, -0.25) is 4.79 Å². The van der Waals surface area contributed by atoms with Crippen LogP contribution >= 0.6 is 0 Å². The monoisotopic (exact) mass is 211 g/mol. The number of halogens is 1. The third-order valence-corrected chi connectivity index (χ3v) is 2.69. The largest absolute Gasteiger partial charge is 0.333 e. The highest BCUT2D eigenvalue weighted by Crippen LogP contribution is 2.30. The number of hydrogen-bond donors (Lipinski definition) is 0. The van der Waals surface area contributed by atoms with Crippen molar-refractivity contribution in [2.45, 2.75) is 27.2 Å². The molecule has 0 aliphatic carbocycles. The van der Waals surface area contributed by atoms with E-state index in [9.17, 15) is 9.18 Å².